The molecule has 7 heteroatoms. The van der Waals surface area contributed by atoms with Crippen LogP contribution in [0.15, 0.2) is 36.9 Å². The maximum atomic E-state index is 12.6. The van der Waals surface area contributed by atoms with Gasteiger partial charge in [-0.1, -0.05) is 25.1 Å². The van der Waals surface area contributed by atoms with E-state index in [9.17, 15) is 4.79 Å². The molecule has 0 radical (unpaired) electrons. The molecule has 1 aromatic heterocycles. The van der Waals surface area contributed by atoms with Crippen molar-refractivity contribution in [3.8, 4) is 5.69 Å². The van der Waals surface area contributed by atoms with Crippen LogP contribution in [0, 0.1) is 5.92 Å². The van der Waals surface area contributed by atoms with Gasteiger partial charge in [-0.15, -0.1) is 0 Å². The van der Waals surface area contributed by atoms with E-state index in [4.69, 9.17) is 10.5 Å². The number of rotatable bonds is 7. The van der Waals surface area contributed by atoms with Crippen molar-refractivity contribution in [2.75, 3.05) is 6.61 Å². The van der Waals surface area contributed by atoms with E-state index >= 15 is 0 Å². The van der Waals surface area contributed by atoms with Crippen LogP contribution in [0.3, 0.4) is 0 Å². The lowest BCUT2D eigenvalue weighted by Gasteiger charge is -2.33. The molecule has 140 valence electrons. The van der Waals surface area contributed by atoms with Crippen LogP contribution in [0.4, 0.5) is 0 Å². The van der Waals surface area contributed by atoms with Gasteiger partial charge in [0.1, 0.15) is 12.7 Å². The van der Waals surface area contributed by atoms with Crippen molar-refractivity contribution in [1.29, 1.82) is 0 Å². The van der Waals surface area contributed by atoms with Gasteiger partial charge in [-0.25, -0.2) is 9.67 Å². The summed E-state index contributed by atoms with van der Waals surface area (Å²) in [4.78, 5) is 16.6. The molecule has 3 rings (SSSR count). The molecule has 0 spiro atoms. The Morgan fingerprint density at radius 1 is 1.38 bits per heavy atom. The number of hydrogen-bond donors (Lipinski definition) is 2. The lowest BCUT2D eigenvalue weighted by Crippen LogP contribution is -2.46. The van der Waals surface area contributed by atoms with Gasteiger partial charge < -0.3 is 15.8 Å². The first kappa shape index (κ1) is 18.5. The van der Waals surface area contributed by atoms with Crippen molar-refractivity contribution in [3.05, 3.63) is 42.5 Å². The number of benzene rings is 1. The number of carbonyl (C=O) groups excluding carboxylic acids is 1. The molecule has 1 aromatic carbocycles. The third-order valence-corrected chi connectivity index (χ3v) is 4.85. The first-order valence-electron chi connectivity index (χ1n) is 9.26. The molecule has 0 saturated heterocycles. The normalized spacial score (nSPS) is 22.9. The molecule has 0 unspecified atom stereocenters. The van der Waals surface area contributed by atoms with Crippen molar-refractivity contribution >= 4 is 5.91 Å². The number of aromatic nitrogens is 3. The minimum Gasteiger partial charge on any atom is -0.377 e. The lowest BCUT2D eigenvalue weighted by molar-refractivity contribution is -0.127. The Labute approximate surface area is 153 Å². The molecule has 0 aliphatic heterocycles. The number of hydrogen-bond acceptors (Lipinski definition) is 5. The van der Waals surface area contributed by atoms with Gasteiger partial charge in [0.2, 0.25) is 5.91 Å². The molecule has 1 aliphatic rings. The highest BCUT2D eigenvalue weighted by molar-refractivity contribution is 5.78. The molecular formula is C19H27N5O2. The second-order valence-electron chi connectivity index (χ2n) is 6.77. The fourth-order valence-corrected chi connectivity index (χ4v) is 3.44. The summed E-state index contributed by atoms with van der Waals surface area (Å²) < 4.78 is 7.49. The third-order valence-electron chi connectivity index (χ3n) is 4.85. The average molecular weight is 357 g/mol. The number of nitrogens with zero attached hydrogens (tertiary/aromatic N) is 3. The Balaban J connectivity index is 1.55. The van der Waals surface area contributed by atoms with E-state index in [-0.39, 0.29) is 24.0 Å². The van der Waals surface area contributed by atoms with E-state index in [2.05, 4.69) is 22.3 Å². The maximum absolute atomic E-state index is 12.6. The molecule has 3 atom stereocenters. The summed E-state index contributed by atoms with van der Waals surface area (Å²) in [5, 5.41) is 7.22. The average Bonchev–Trinajstić information content (AvgIpc) is 3.20. The summed E-state index contributed by atoms with van der Waals surface area (Å²) in [6, 6.07) is 7.77. The summed E-state index contributed by atoms with van der Waals surface area (Å²) >= 11 is 0. The SMILES string of the molecule is CCCO[C@@H]1CC[C@H](C(=O)NCc2ccccc2-n2cncn2)C[C@H]1N. The quantitative estimate of drug-likeness (QED) is 0.788. The number of nitrogens with one attached hydrogen (secondary N) is 1. The van der Waals surface area contributed by atoms with E-state index < -0.39 is 0 Å². The van der Waals surface area contributed by atoms with Gasteiger partial charge in [-0.05, 0) is 37.3 Å². The highest BCUT2D eigenvalue weighted by atomic mass is 16.5. The van der Waals surface area contributed by atoms with Gasteiger partial charge in [-0.3, -0.25) is 4.79 Å². The third kappa shape index (κ3) is 4.47. The van der Waals surface area contributed by atoms with E-state index in [0.29, 0.717) is 13.0 Å². The number of para-hydroxylation sites is 1. The van der Waals surface area contributed by atoms with Crippen LogP contribution in [0.2, 0.25) is 0 Å². The zero-order chi connectivity index (χ0) is 18.4. The van der Waals surface area contributed by atoms with Gasteiger partial charge in [0.25, 0.3) is 0 Å². The summed E-state index contributed by atoms with van der Waals surface area (Å²) in [6.45, 7) is 3.27. The fraction of sp³-hybridized carbons (Fsp3) is 0.526. The minimum absolute atomic E-state index is 0.0509. The first-order chi connectivity index (χ1) is 12.7. The molecule has 1 fully saturated rings. The van der Waals surface area contributed by atoms with E-state index in [1.54, 1.807) is 11.0 Å². The summed E-state index contributed by atoms with van der Waals surface area (Å²) in [5.74, 6) is 0.00722. The second kappa shape index (κ2) is 8.91. The maximum Gasteiger partial charge on any atom is 0.223 e. The largest absolute Gasteiger partial charge is 0.377 e. The van der Waals surface area contributed by atoms with E-state index in [1.807, 2.05) is 24.3 Å². The molecule has 0 bridgehead atoms. The monoisotopic (exact) mass is 357 g/mol. The molecular weight excluding hydrogens is 330 g/mol. The number of ether oxygens (including phenoxy) is 1. The van der Waals surface area contributed by atoms with Crippen molar-refractivity contribution in [1.82, 2.24) is 20.1 Å². The zero-order valence-corrected chi connectivity index (χ0v) is 15.2. The van der Waals surface area contributed by atoms with E-state index in [0.717, 1.165) is 37.1 Å². The predicted molar refractivity (Wildman–Crippen MR) is 98.6 cm³/mol. The number of nitrogens with two attached hydrogens (primary N) is 1. The van der Waals surface area contributed by atoms with Gasteiger partial charge >= 0.3 is 0 Å². The van der Waals surface area contributed by atoms with Gasteiger partial charge in [-0.2, -0.15) is 5.10 Å². The van der Waals surface area contributed by atoms with Crippen molar-refractivity contribution < 1.29 is 9.53 Å². The zero-order valence-electron chi connectivity index (χ0n) is 15.2. The Bertz CT molecular complexity index is 704. The van der Waals surface area contributed by atoms with Crippen molar-refractivity contribution in [3.63, 3.8) is 0 Å². The van der Waals surface area contributed by atoms with Crippen LogP contribution in [-0.4, -0.2) is 39.4 Å². The van der Waals surface area contributed by atoms with E-state index in [1.165, 1.54) is 6.33 Å². The van der Waals surface area contributed by atoms with Gasteiger partial charge in [0, 0.05) is 25.1 Å². The molecule has 3 N–H and O–H groups in total. The van der Waals surface area contributed by atoms with Crippen LogP contribution >= 0.6 is 0 Å². The topological polar surface area (TPSA) is 95.1 Å². The highest BCUT2D eigenvalue weighted by Gasteiger charge is 2.32. The van der Waals surface area contributed by atoms with Crippen LogP contribution < -0.4 is 11.1 Å². The van der Waals surface area contributed by atoms with Gasteiger partial charge in [0.05, 0.1) is 11.8 Å². The summed E-state index contributed by atoms with van der Waals surface area (Å²) in [5.41, 5.74) is 8.13. The molecule has 7 nitrogen and oxygen atoms in total. The first-order valence-corrected chi connectivity index (χ1v) is 9.26. The van der Waals surface area contributed by atoms with Crippen LogP contribution in [0.25, 0.3) is 5.69 Å². The lowest BCUT2D eigenvalue weighted by atomic mass is 9.83. The molecule has 1 amide bonds. The summed E-state index contributed by atoms with van der Waals surface area (Å²) in [7, 11) is 0. The molecule has 2 aromatic rings. The summed E-state index contributed by atoms with van der Waals surface area (Å²) in [6.07, 6.45) is 6.54. The molecule has 1 saturated carbocycles. The molecule has 1 aliphatic carbocycles. The number of carbonyl (C=O) groups is 1. The smallest absolute Gasteiger partial charge is 0.223 e. The predicted octanol–water partition coefficient (Wildman–Crippen LogP) is 1.81. The highest BCUT2D eigenvalue weighted by Crippen LogP contribution is 2.26. The second-order valence-corrected chi connectivity index (χ2v) is 6.77. The van der Waals surface area contributed by atoms with Crippen molar-refractivity contribution in [2.24, 2.45) is 11.7 Å². The molecule has 26 heavy (non-hydrogen) atoms. The number of amides is 1. The van der Waals surface area contributed by atoms with Crippen LogP contribution in [0.1, 0.15) is 38.2 Å². The van der Waals surface area contributed by atoms with Crippen molar-refractivity contribution in [2.45, 2.75) is 51.3 Å². The minimum atomic E-state index is -0.0755. The fourth-order valence-electron chi connectivity index (χ4n) is 3.44. The van der Waals surface area contributed by atoms with Gasteiger partial charge in [0.15, 0.2) is 0 Å². The van der Waals surface area contributed by atoms with Crippen LogP contribution in [-0.2, 0) is 16.1 Å². The molecule has 1 heterocycles. The Morgan fingerprint density at radius 3 is 2.96 bits per heavy atom. The van der Waals surface area contributed by atoms with Crippen LogP contribution in [0.5, 0.6) is 0 Å². The standard InChI is InChI=1S/C19H27N5O2/c1-2-9-26-18-8-7-14(10-16(18)20)19(25)22-11-15-5-3-4-6-17(15)24-13-21-12-23-24/h3-6,12-14,16,18H,2,7-11,20H2,1H3,(H,22,25)/t14-,16+,18+/m0/s1. The Hall–Kier alpha value is -2.25. The Kier molecular flexibility index (Phi) is 6.35. The Morgan fingerprint density at radius 2 is 2.23 bits per heavy atom.